The van der Waals surface area contributed by atoms with Crippen LogP contribution in [-0.4, -0.2) is 39.1 Å². The maximum Gasteiger partial charge on any atom is 0.318 e. The Balaban J connectivity index is 1.42. The number of nitriles is 1. The molecule has 1 fully saturated rings. The summed E-state index contributed by atoms with van der Waals surface area (Å²) in [5.74, 6) is -3.60. The minimum absolute atomic E-state index is 0.0253. The molecule has 3 N–H and O–H groups in total. The Hall–Kier alpha value is -3.97. The third-order valence-electron chi connectivity index (χ3n) is 6.65. The maximum absolute atomic E-state index is 14.0. The van der Waals surface area contributed by atoms with Crippen molar-refractivity contribution in [3.63, 3.8) is 0 Å². The second-order valence-electron chi connectivity index (χ2n) is 9.10. The van der Waals surface area contributed by atoms with Crippen LogP contribution in [0.5, 0.6) is 0 Å². The highest BCUT2D eigenvalue weighted by atomic mass is 35.5. The number of aromatic nitrogens is 2. The van der Waals surface area contributed by atoms with Gasteiger partial charge in [-0.15, -0.1) is 0 Å². The predicted octanol–water partition coefficient (Wildman–Crippen LogP) is 4.02. The van der Waals surface area contributed by atoms with Gasteiger partial charge in [-0.25, -0.2) is 13.6 Å². The standard InChI is InChI=1S/C25H21ClF2N6O2/c26-18-3-1-2-16(10-18)21-20(22(30)35)19-12-33(8-9-34(19)32-21)23(36)31-24(13-25(27,28)14-24)17-6-4-15(11-29)5-7-17/h1-7,10H,8-9,12-14H2,(H2,30,35)(H,31,36). The van der Waals surface area contributed by atoms with Crippen LogP contribution in [0.15, 0.2) is 48.5 Å². The van der Waals surface area contributed by atoms with Crippen molar-refractivity contribution in [2.45, 2.75) is 37.4 Å². The molecular formula is C25H21ClF2N6O2. The molecule has 0 saturated heterocycles. The molecule has 184 valence electrons. The van der Waals surface area contributed by atoms with Crippen LogP contribution in [0.2, 0.25) is 5.02 Å². The highest BCUT2D eigenvalue weighted by Crippen LogP contribution is 2.51. The van der Waals surface area contributed by atoms with E-state index in [1.54, 1.807) is 41.1 Å². The second kappa shape index (κ2) is 8.60. The van der Waals surface area contributed by atoms with Gasteiger partial charge in [-0.05, 0) is 29.8 Å². The zero-order chi connectivity index (χ0) is 25.7. The third kappa shape index (κ3) is 4.16. The van der Waals surface area contributed by atoms with Gasteiger partial charge in [-0.1, -0.05) is 35.9 Å². The zero-order valence-electron chi connectivity index (χ0n) is 19.0. The topological polar surface area (TPSA) is 117 Å². The number of rotatable bonds is 4. The molecule has 2 heterocycles. The summed E-state index contributed by atoms with van der Waals surface area (Å²) in [4.78, 5) is 27.1. The van der Waals surface area contributed by atoms with E-state index in [-0.39, 0.29) is 18.7 Å². The number of nitrogens with one attached hydrogen (secondary N) is 1. The van der Waals surface area contributed by atoms with Crippen LogP contribution >= 0.6 is 11.6 Å². The van der Waals surface area contributed by atoms with Crippen molar-refractivity contribution < 1.29 is 18.4 Å². The summed E-state index contributed by atoms with van der Waals surface area (Å²) in [5.41, 5.74) is 6.97. The summed E-state index contributed by atoms with van der Waals surface area (Å²) in [6.07, 6.45) is -1.09. The monoisotopic (exact) mass is 510 g/mol. The Labute approximate surface area is 210 Å². The van der Waals surface area contributed by atoms with E-state index in [2.05, 4.69) is 10.4 Å². The van der Waals surface area contributed by atoms with Gasteiger partial charge < -0.3 is 16.0 Å². The summed E-state index contributed by atoms with van der Waals surface area (Å²) >= 11 is 6.11. The van der Waals surface area contributed by atoms with E-state index in [1.165, 1.54) is 17.0 Å². The van der Waals surface area contributed by atoms with Crippen molar-refractivity contribution in [2.24, 2.45) is 5.73 Å². The number of nitrogens with zero attached hydrogens (tertiary/aromatic N) is 4. The summed E-state index contributed by atoms with van der Waals surface area (Å²) < 4.78 is 29.6. The highest BCUT2D eigenvalue weighted by molar-refractivity contribution is 6.30. The van der Waals surface area contributed by atoms with Gasteiger partial charge in [0.15, 0.2) is 0 Å². The van der Waals surface area contributed by atoms with E-state index >= 15 is 0 Å². The number of fused-ring (bicyclic) bond motifs is 1. The molecule has 3 aromatic rings. The molecule has 11 heteroatoms. The quantitative estimate of drug-likeness (QED) is 0.551. The number of halogens is 3. The summed E-state index contributed by atoms with van der Waals surface area (Å²) in [6.45, 7) is 0.578. The van der Waals surface area contributed by atoms with Crippen LogP contribution in [-0.2, 0) is 18.6 Å². The van der Waals surface area contributed by atoms with Gasteiger partial charge in [0.25, 0.3) is 11.8 Å². The van der Waals surface area contributed by atoms with Gasteiger partial charge >= 0.3 is 6.03 Å². The van der Waals surface area contributed by atoms with Crippen molar-refractivity contribution >= 4 is 23.5 Å². The molecule has 5 rings (SSSR count). The molecule has 2 aromatic carbocycles. The number of urea groups is 1. The lowest BCUT2D eigenvalue weighted by molar-refractivity contribution is -0.134. The Morgan fingerprint density at radius 3 is 2.47 bits per heavy atom. The van der Waals surface area contributed by atoms with Crippen molar-refractivity contribution in [1.82, 2.24) is 20.0 Å². The minimum atomic E-state index is -2.91. The van der Waals surface area contributed by atoms with Crippen LogP contribution < -0.4 is 11.1 Å². The normalized spacial score (nSPS) is 17.4. The van der Waals surface area contributed by atoms with Gasteiger partial charge in [0, 0.05) is 30.0 Å². The van der Waals surface area contributed by atoms with E-state index in [0.29, 0.717) is 39.6 Å². The lowest BCUT2D eigenvalue weighted by atomic mass is 9.69. The van der Waals surface area contributed by atoms with Crippen molar-refractivity contribution in [1.29, 1.82) is 5.26 Å². The van der Waals surface area contributed by atoms with Gasteiger partial charge in [0.1, 0.15) is 5.69 Å². The number of carbonyl (C=O) groups is 2. The van der Waals surface area contributed by atoms with Crippen LogP contribution in [0.1, 0.15) is 40.0 Å². The number of benzene rings is 2. The fourth-order valence-electron chi connectivity index (χ4n) is 4.93. The predicted molar refractivity (Wildman–Crippen MR) is 127 cm³/mol. The molecule has 2 aliphatic rings. The molecule has 1 aromatic heterocycles. The van der Waals surface area contributed by atoms with Gasteiger partial charge in [0.2, 0.25) is 0 Å². The Morgan fingerprint density at radius 2 is 1.86 bits per heavy atom. The van der Waals surface area contributed by atoms with Gasteiger partial charge in [-0.3, -0.25) is 9.48 Å². The first-order valence-electron chi connectivity index (χ1n) is 11.2. The maximum atomic E-state index is 14.0. The first kappa shape index (κ1) is 23.8. The highest BCUT2D eigenvalue weighted by Gasteiger charge is 2.58. The smallest absolute Gasteiger partial charge is 0.318 e. The largest absolute Gasteiger partial charge is 0.365 e. The Morgan fingerprint density at radius 1 is 1.14 bits per heavy atom. The molecule has 1 aliphatic carbocycles. The summed E-state index contributed by atoms with van der Waals surface area (Å²) in [7, 11) is 0. The van der Waals surface area contributed by atoms with Crippen molar-refractivity contribution in [3.8, 4) is 17.3 Å². The van der Waals surface area contributed by atoms with Gasteiger partial charge in [-0.2, -0.15) is 10.4 Å². The van der Waals surface area contributed by atoms with E-state index in [1.807, 2.05) is 6.07 Å². The fourth-order valence-corrected chi connectivity index (χ4v) is 5.12. The Bertz CT molecular complexity index is 1400. The number of alkyl halides is 2. The number of hydrogen-bond donors (Lipinski definition) is 2. The molecule has 36 heavy (non-hydrogen) atoms. The molecule has 3 amide bonds. The molecular weight excluding hydrogens is 490 g/mol. The van der Waals surface area contributed by atoms with E-state index in [4.69, 9.17) is 22.6 Å². The Kier molecular flexibility index (Phi) is 5.68. The van der Waals surface area contributed by atoms with Crippen LogP contribution in [0.4, 0.5) is 13.6 Å². The summed E-state index contributed by atoms with van der Waals surface area (Å²) in [5, 5.41) is 16.8. The minimum Gasteiger partial charge on any atom is -0.365 e. The molecule has 1 saturated carbocycles. The SMILES string of the molecule is N#Cc1ccc(C2(NC(=O)N3CCn4nc(-c5cccc(Cl)c5)c(C(N)=O)c4C3)CC(F)(F)C2)cc1. The molecule has 0 radical (unpaired) electrons. The third-order valence-corrected chi connectivity index (χ3v) is 6.88. The molecule has 1 aliphatic heterocycles. The molecule has 0 atom stereocenters. The number of nitrogens with two attached hydrogens (primary N) is 1. The van der Waals surface area contributed by atoms with Crippen molar-refractivity contribution in [2.75, 3.05) is 6.54 Å². The number of amides is 3. The number of hydrogen-bond acceptors (Lipinski definition) is 4. The van der Waals surface area contributed by atoms with Crippen LogP contribution in [0, 0.1) is 11.3 Å². The lowest BCUT2D eigenvalue weighted by Crippen LogP contribution is -2.62. The second-order valence-corrected chi connectivity index (χ2v) is 9.54. The summed E-state index contributed by atoms with van der Waals surface area (Å²) in [6, 6.07) is 14.6. The van der Waals surface area contributed by atoms with E-state index in [0.717, 1.165) is 0 Å². The average molecular weight is 511 g/mol. The molecule has 0 unspecified atom stereocenters. The van der Waals surface area contributed by atoms with Crippen LogP contribution in [0.25, 0.3) is 11.3 Å². The first-order valence-corrected chi connectivity index (χ1v) is 11.6. The van der Waals surface area contributed by atoms with Crippen molar-refractivity contribution in [3.05, 3.63) is 75.9 Å². The van der Waals surface area contributed by atoms with E-state index < -0.39 is 36.2 Å². The first-order chi connectivity index (χ1) is 17.1. The molecule has 8 nitrogen and oxygen atoms in total. The van der Waals surface area contributed by atoms with Gasteiger partial charge in [0.05, 0.1) is 41.5 Å². The fraction of sp³-hybridized carbons (Fsp3) is 0.280. The van der Waals surface area contributed by atoms with E-state index in [9.17, 15) is 18.4 Å². The number of primary amides is 1. The molecule has 0 bridgehead atoms. The number of carbonyl (C=O) groups excluding carboxylic acids is 2. The lowest BCUT2D eigenvalue weighted by Gasteiger charge is -2.49. The van der Waals surface area contributed by atoms with Crippen LogP contribution in [0.3, 0.4) is 0 Å². The molecule has 0 spiro atoms. The zero-order valence-corrected chi connectivity index (χ0v) is 19.7. The average Bonchev–Trinajstić information content (AvgIpc) is 3.22.